The van der Waals surface area contributed by atoms with Crippen LogP contribution < -0.4 is 10.5 Å². The molecular formula is C20H22N4O3S2. The lowest BCUT2D eigenvalue weighted by molar-refractivity contribution is 0.385. The summed E-state index contributed by atoms with van der Waals surface area (Å²) in [5, 5.41) is 6.35. The van der Waals surface area contributed by atoms with Crippen LogP contribution >= 0.6 is 11.3 Å². The van der Waals surface area contributed by atoms with Crippen LogP contribution in [0.5, 0.6) is 0 Å². The molecule has 1 fully saturated rings. The van der Waals surface area contributed by atoms with E-state index < -0.39 is 10.0 Å². The smallest absolute Gasteiger partial charge is 0.264 e. The summed E-state index contributed by atoms with van der Waals surface area (Å²) in [6.45, 7) is 6.34. The van der Waals surface area contributed by atoms with Crippen LogP contribution in [0.3, 0.4) is 0 Å². The maximum Gasteiger partial charge on any atom is 0.264 e. The van der Waals surface area contributed by atoms with E-state index in [2.05, 4.69) is 47.1 Å². The standard InChI is InChI=1S/C20H22N4O3S2/c1-14-3-4-15(2)17(13-14)23-9-11-24(12-10-23)29(26,27)20-8-6-18(28-20)16-5-7-19(25)22-21-16/h3-8,13H,9-12H2,1-2H3,(H,22,25). The number of hydrogen-bond acceptors (Lipinski definition) is 6. The second-order valence-corrected chi connectivity index (χ2v) is 10.4. The minimum absolute atomic E-state index is 0.292. The molecule has 0 amide bonds. The lowest BCUT2D eigenvalue weighted by Crippen LogP contribution is -2.48. The van der Waals surface area contributed by atoms with Crippen molar-refractivity contribution in [3.05, 3.63) is 63.9 Å². The number of aryl methyl sites for hydroxylation is 2. The SMILES string of the molecule is Cc1ccc(C)c(N2CCN(S(=O)(=O)c3ccc(-c4ccc(=O)[nH]n4)s3)CC2)c1. The van der Waals surface area contributed by atoms with E-state index in [0.717, 1.165) is 0 Å². The zero-order chi connectivity index (χ0) is 20.6. The Hall–Kier alpha value is -2.49. The van der Waals surface area contributed by atoms with Crippen molar-refractivity contribution in [2.24, 2.45) is 0 Å². The van der Waals surface area contributed by atoms with Crippen molar-refractivity contribution in [1.82, 2.24) is 14.5 Å². The fourth-order valence-electron chi connectivity index (χ4n) is 3.43. The van der Waals surface area contributed by atoms with Crippen LogP contribution in [-0.4, -0.2) is 49.1 Å². The highest BCUT2D eigenvalue weighted by Gasteiger charge is 2.30. The number of thiophene rings is 1. The zero-order valence-corrected chi connectivity index (χ0v) is 17.9. The number of benzene rings is 1. The first kappa shape index (κ1) is 19.8. The number of H-pyrrole nitrogens is 1. The topological polar surface area (TPSA) is 86.4 Å². The monoisotopic (exact) mass is 430 g/mol. The average Bonchev–Trinajstić information content (AvgIpc) is 3.22. The quantitative estimate of drug-likeness (QED) is 0.688. The number of aromatic nitrogens is 2. The molecular weight excluding hydrogens is 408 g/mol. The predicted octanol–water partition coefficient (Wildman–Crippen LogP) is 2.63. The summed E-state index contributed by atoms with van der Waals surface area (Å²) in [4.78, 5) is 14.1. The van der Waals surface area contributed by atoms with Crippen molar-refractivity contribution in [2.45, 2.75) is 18.1 Å². The molecule has 1 aliphatic rings. The molecule has 1 aliphatic heterocycles. The summed E-state index contributed by atoms with van der Waals surface area (Å²) >= 11 is 1.17. The number of aromatic amines is 1. The second kappa shape index (κ2) is 7.74. The number of hydrogen-bond donors (Lipinski definition) is 1. The van der Waals surface area contributed by atoms with E-state index in [-0.39, 0.29) is 5.56 Å². The molecule has 0 unspecified atom stereocenters. The molecule has 9 heteroatoms. The van der Waals surface area contributed by atoms with E-state index in [9.17, 15) is 13.2 Å². The second-order valence-electron chi connectivity index (χ2n) is 7.11. The molecule has 0 spiro atoms. The maximum atomic E-state index is 13.1. The van der Waals surface area contributed by atoms with Gasteiger partial charge >= 0.3 is 0 Å². The van der Waals surface area contributed by atoms with Crippen molar-refractivity contribution < 1.29 is 8.42 Å². The van der Waals surface area contributed by atoms with Crippen molar-refractivity contribution >= 4 is 27.0 Å². The van der Waals surface area contributed by atoms with Gasteiger partial charge in [0.2, 0.25) is 0 Å². The third-order valence-electron chi connectivity index (χ3n) is 5.05. The molecule has 29 heavy (non-hydrogen) atoms. The van der Waals surface area contributed by atoms with Crippen LogP contribution in [0, 0.1) is 13.8 Å². The predicted molar refractivity (Wildman–Crippen MR) is 115 cm³/mol. The fraction of sp³-hybridized carbons (Fsp3) is 0.300. The molecule has 0 atom stereocenters. The minimum Gasteiger partial charge on any atom is -0.369 e. The Kier molecular flexibility index (Phi) is 5.28. The van der Waals surface area contributed by atoms with E-state index in [1.54, 1.807) is 22.5 Å². The van der Waals surface area contributed by atoms with Crippen LogP contribution in [0.15, 0.2) is 51.5 Å². The number of anilines is 1. The third-order valence-corrected chi connectivity index (χ3v) is 8.52. The van der Waals surface area contributed by atoms with Crippen molar-refractivity contribution in [2.75, 3.05) is 31.1 Å². The number of rotatable bonds is 4. The number of nitrogens with zero attached hydrogens (tertiary/aromatic N) is 3. The summed E-state index contributed by atoms with van der Waals surface area (Å²) < 4.78 is 28.0. The van der Waals surface area contributed by atoms with E-state index >= 15 is 0 Å². The van der Waals surface area contributed by atoms with Crippen LogP contribution in [0.25, 0.3) is 10.6 Å². The third kappa shape index (κ3) is 3.98. The number of piperazine rings is 1. The molecule has 3 aromatic rings. The lowest BCUT2D eigenvalue weighted by Gasteiger charge is -2.36. The summed E-state index contributed by atoms with van der Waals surface area (Å²) in [6, 6.07) is 12.6. The van der Waals surface area contributed by atoms with E-state index in [4.69, 9.17) is 0 Å². The van der Waals surface area contributed by atoms with Gasteiger partial charge in [0.05, 0.1) is 4.88 Å². The van der Waals surface area contributed by atoms with Gasteiger partial charge in [-0.3, -0.25) is 4.79 Å². The van der Waals surface area contributed by atoms with Gasteiger partial charge in [-0.05, 0) is 49.2 Å². The van der Waals surface area contributed by atoms with E-state index in [0.29, 0.717) is 41.0 Å². The first-order valence-electron chi connectivity index (χ1n) is 9.33. The van der Waals surface area contributed by atoms with Gasteiger partial charge in [0.1, 0.15) is 9.90 Å². The van der Waals surface area contributed by atoms with Crippen molar-refractivity contribution in [3.63, 3.8) is 0 Å². The minimum atomic E-state index is -3.56. The van der Waals surface area contributed by atoms with E-state index in [1.165, 1.54) is 34.2 Å². The molecule has 1 N–H and O–H groups in total. The summed E-state index contributed by atoms with van der Waals surface area (Å²) in [7, 11) is -3.56. The van der Waals surface area contributed by atoms with Crippen LogP contribution in [0.2, 0.25) is 0 Å². The largest absolute Gasteiger partial charge is 0.369 e. The Balaban J connectivity index is 1.50. The molecule has 1 aromatic carbocycles. The van der Waals surface area contributed by atoms with Gasteiger partial charge in [0.25, 0.3) is 15.6 Å². The molecule has 0 radical (unpaired) electrons. The van der Waals surface area contributed by atoms with Crippen LogP contribution in [0.4, 0.5) is 5.69 Å². The van der Waals surface area contributed by atoms with Gasteiger partial charge in [-0.1, -0.05) is 12.1 Å². The van der Waals surface area contributed by atoms with Gasteiger partial charge in [-0.25, -0.2) is 13.5 Å². The number of nitrogens with one attached hydrogen (secondary N) is 1. The van der Waals surface area contributed by atoms with Gasteiger partial charge in [0.15, 0.2) is 0 Å². The Labute approximate surface area is 173 Å². The number of sulfonamides is 1. The van der Waals surface area contributed by atoms with Gasteiger partial charge in [-0.2, -0.15) is 9.40 Å². The van der Waals surface area contributed by atoms with E-state index in [1.807, 2.05) is 0 Å². The van der Waals surface area contributed by atoms with Crippen LogP contribution in [-0.2, 0) is 10.0 Å². The molecule has 0 aliphatic carbocycles. The normalized spacial score (nSPS) is 15.6. The van der Waals surface area contributed by atoms with Crippen molar-refractivity contribution in [1.29, 1.82) is 0 Å². The first-order valence-corrected chi connectivity index (χ1v) is 11.6. The molecule has 4 rings (SSSR count). The van der Waals surface area contributed by atoms with Crippen molar-refractivity contribution in [3.8, 4) is 10.6 Å². The van der Waals surface area contributed by atoms with Crippen LogP contribution in [0.1, 0.15) is 11.1 Å². The zero-order valence-electron chi connectivity index (χ0n) is 16.3. The van der Waals surface area contributed by atoms with Gasteiger partial charge < -0.3 is 4.90 Å². The highest BCUT2D eigenvalue weighted by Crippen LogP contribution is 2.32. The average molecular weight is 431 g/mol. The highest BCUT2D eigenvalue weighted by molar-refractivity contribution is 7.91. The lowest BCUT2D eigenvalue weighted by atomic mass is 10.1. The Morgan fingerprint density at radius 2 is 1.76 bits per heavy atom. The molecule has 152 valence electrons. The van der Waals surface area contributed by atoms with Gasteiger partial charge in [0, 0.05) is 37.9 Å². The highest BCUT2D eigenvalue weighted by atomic mass is 32.2. The molecule has 2 aromatic heterocycles. The molecule has 7 nitrogen and oxygen atoms in total. The summed E-state index contributed by atoms with van der Waals surface area (Å²) in [5.74, 6) is 0. The fourth-order valence-corrected chi connectivity index (χ4v) is 6.29. The molecule has 0 bridgehead atoms. The Morgan fingerprint density at radius 3 is 2.45 bits per heavy atom. The molecule has 3 heterocycles. The first-order chi connectivity index (χ1) is 13.8. The van der Waals surface area contributed by atoms with Gasteiger partial charge in [-0.15, -0.1) is 11.3 Å². The Morgan fingerprint density at radius 1 is 1.00 bits per heavy atom. The molecule has 1 saturated heterocycles. The Bertz CT molecular complexity index is 1170. The summed E-state index contributed by atoms with van der Waals surface area (Å²) in [6.07, 6.45) is 0. The molecule has 0 saturated carbocycles. The summed E-state index contributed by atoms with van der Waals surface area (Å²) in [5.41, 5.74) is 3.83. The maximum absolute atomic E-state index is 13.1.